The predicted molar refractivity (Wildman–Crippen MR) is 81.8 cm³/mol. The lowest BCUT2D eigenvalue weighted by Gasteiger charge is -2.22. The van der Waals surface area contributed by atoms with Crippen LogP contribution in [0.4, 0.5) is 5.69 Å². The molecular formula is C14H20N2O3S. The van der Waals surface area contributed by atoms with E-state index in [1.54, 1.807) is 19.1 Å². The molecule has 1 unspecified atom stereocenters. The number of amides is 2. The number of nitrogens with one attached hydrogen (secondary N) is 2. The third-order valence-electron chi connectivity index (χ3n) is 2.68. The maximum Gasteiger partial charge on any atom is 0.313 e. The fraction of sp³-hybridized carbons (Fsp3) is 0.429. The summed E-state index contributed by atoms with van der Waals surface area (Å²) in [5, 5.41) is 14.9. The zero-order valence-corrected chi connectivity index (χ0v) is 12.7. The second kappa shape index (κ2) is 7.31. The van der Waals surface area contributed by atoms with E-state index in [2.05, 4.69) is 10.6 Å². The van der Waals surface area contributed by atoms with Gasteiger partial charge in [-0.25, -0.2) is 0 Å². The van der Waals surface area contributed by atoms with Crippen LogP contribution in [0.1, 0.15) is 12.5 Å². The Hall–Kier alpha value is -1.53. The van der Waals surface area contributed by atoms with Crippen LogP contribution >= 0.6 is 11.8 Å². The molecule has 6 heteroatoms. The van der Waals surface area contributed by atoms with Crippen LogP contribution < -0.4 is 10.6 Å². The van der Waals surface area contributed by atoms with Gasteiger partial charge in [0.2, 0.25) is 0 Å². The van der Waals surface area contributed by atoms with Crippen molar-refractivity contribution >= 4 is 29.3 Å². The number of carbonyl (C=O) groups is 2. The molecule has 5 nitrogen and oxygen atoms in total. The summed E-state index contributed by atoms with van der Waals surface area (Å²) >= 11 is 1.47. The van der Waals surface area contributed by atoms with Crippen LogP contribution in [0.3, 0.4) is 0 Å². The SMILES string of the molecule is CSCC(C)(O)CNC(=O)C(=O)Nc1ccccc1C. The Labute approximate surface area is 123 Å². The van der Waals surface area contributed by atoms with Crippen LogP contribution in [0.25, 0.3) is 0 Å². The Bertz CT molecular complexity index is 489. The molecule has 1 aromatic carbocycles. The molecule has 0 radical (unpaired) electrons. The number of carbonyl (C=O) groups excluding carboxylic acids is 2. The third-order valence-corrected chi connectivity index (χ3v) is 3.60. The summed E-state index contributed by atoms with van der Waals surface area (Å²) in [6.07, 6.45) is 1.86. The van der Waals surface area contributed by atoms with E-state index in [0.717, 1.165) is 5.56 Å². The summed E-state index contributed by atoms with van der Waals surface area (Å²) in [5.41, 5.74) is 0.449. The van der Waals surface area contributed by atoms with Crippen molar-refractivity contribution < 1.29 is 14.7 Å². The van der Waals surface area contributed by atoms with E-state index >= 15 is 0 Å². The van der Waals surface area contributed by atoms with Gasteiger partial charge >= 0.3 is 11.8 Å². The summed E-state index contributed by atoms with van der Waals surface area (Å²) in [7, 11) is 0. The van der Waals surface area contributed by atoms with E-state index in [0.29, 0.717) is 11.4 Å². The lowest BCUT2D eigenvalue weighted by Crippen LogP contribution is -2.45. The van der Waals surface area contributed by atoms with E-state index in [1.807, 2.05) is 25.3 Å². The summed E-state index contributed by atoms with van der Waals surface area (Å²) in [4.78, 5) is 23.4. The van der Waals surface area contributed by atoms with Gasteiger partial charge in [0.25, 0.3) is 0 Å². The van der Waals surface area contributed by atoms with E-state index < -0.39 is 17.4 Å². The Balaban J connectivity index is 2.52. The highest BCUT2D eigenvalue weighted by Gasteiger charge is 2.22. The zero-order valence-electron chi connectivity index (χ0n) is 11.9. The van der Waals surface area contributed by atoms with Gasteiger partial charge in [0.15, 0.2) is 0 Å². The summed E-state index contributed by atoms with van der Waals surface area (Å²) in [6, 6.07) is 7.20. The van der Waals surface area contributed by atoms with Crippen LogP contribution in [0.15, 0.2) is 24.3 Å². The highest BCUT2D eigenvalue weighted by Crippen LogP contribution is 2.13. The molecule has 1 rings (SSSR count). The van der Waals surface area contributed by atoms with Gasteiger partial charge in [-0.15, -0.1) is 0 Å². The third kappa shape index (κ3) is 5.22. The highest BCUT2D eigenvalue weighted by molar-refractivity contribution is 7.98. The number of hydrogen-bond acceptors (Lipinski definition) is 4. The monoisotopic (exact) mass is 296 g/mol. The van der Waals surface area contributed by atoms with Crippen LogP contribution in [0, 0.1) is 6.92 Å². The van der Waals surface area contributed by atoms with Crippen molar-refractivity contribution in [2.45, 2.75) is 19.4 Å². The molecule has 2 amide bonds. The molecule has 1 aromatic rings. The van der Waals surface area contributed by atoms with Crippen LogP contribution in [0.2, 0.25) is 0 Å². The molecule has 0 fully saturated rings. The quantitative estimate of drug-likeness (QED) is 0.713. The van der Waals surface area contributed by atoms with Crippen molar-refractivity contribution in [3.63, 3.8) is 0 Å². The lowest BCUT2D eigenvalue weighted by atomic mass is 10.1. The zero-order chi connectivity index (χ0) is 15.2. The number of aryl methyl sites for hydroxylation is 1. The maximum atomic E-state index is 11.7. The van der Waals surface area contributed by atoms with E-state index in [-0.39, 0.29) is 6.54 Å². The Morgan fingerprint density at radius 2 is 1.95 bits per heavy atom. The Morgan fingerprint density at radius 3 is 2.55 bits per heavy atom. The van der Waals surface area contributed by atoms with Crippen molar-refractivity contribution in [2.24, 2.45) is 0 Å². The van der Waals surface area contributed by atoms with Gasteiger partial charge in [0.05, 0.1) is 5.60 Å². The Kier molecular flexibility index (Phi) is 6.04. The lowest BCUT2D eigenvalue weighted by molar-refractivity contribution is -0.136. The van der Waals surface area contributed by atoms with E-state index in [4.69, 9.17) is 0 Å². The molecular weight excluding hydrogens is 276 g/mol. The number of anilines is 1. The topological polar surface area (TPSA) is 78.4 Å². The first kappa shape index (κ1) is 16.5. The van der Waals surface area contributed by atoms with Crippen molar-refractivity contribution in [1.29, 1.82) is 0 Å². The van der Waals surface area contributed by atoms with Gasteiger partial charge in [0, 0.05) is 18.0 Å². The van der Waals surface area contributed by atoms with Gasteiger partial charge < -0.3 is 15.7 Å². The average Bonchev–Trinajstić information content (AvgIpc) is 2.38. The summed E-state index contributed by atoms with van der Waals surface area (Å²) in [5.74, 6) is -1.01. The number of benzene rings is 1. The van der Waals surface area contributed by atoms with Gasteiger partial charge in [-0.3, -0.25) is 9.59 Å². The molecule has 3 N–H and O–H groups in total. The molecule has 110 valence electrons. The smallest absolute Gasteiger partial charge is 0.313 e. The molecule has 0 spiro atoms. The fourth-order valence-electron chi connectivity index (χ4n) is 1.61. The minimum absolute atomic E-state index is 0.0356. The molecule has 0 aromatic heterocycles. The van der Waals surface area contributed by atoms with Crippen molar-refractivity contribution in [3.05, 3.63) is 29.8 Å². The highest BCUT2D eigenvalue weighted by atomic mass is 32.2. The molecule has 1 atom stereocenters. The van der Waals surface area contributed by atoms with E-state index in [1.165, 1.54) is 11.8 Å². The second-order valence-electron chi connectivity index (χ2n) is 4.88. The molecule has 0 aliphatic heterocycles. The minimum Gasteiger partial charge on any atom is -0.387 e. The number of rotatable bonds is 5. The number of para-hydroxylation sites is 1. The minimum atomic E-state index is -1.03. The molecule has 0 aliphatic rings. The van der Waals surface area contributed by atoms with Crippen LogP contribution in [0.5, 0.6) is 0 Å². The summed E-state index contributed by atoms with van der Waals surface area (Å²) in [6.45, 7) is 3.49. The van der Waals surface area contributed by atoms with Crippen molar-refractivity contribution in [1.82, 2.24) is 5.32 Å². The van der Waals surface area contributed by atoms with Crippen molar-refractivity contribution in [3.8, 4) is 0 Å². The summed E-state index contributed by atoms with van der Waals surface area (Å²) < 4.78 is 0. The Morgan fingerprint density at radius 1 is 1.30 bits per heavy atom. The molecule has 0 aliphatic carbocycles. The maximum absolute atomic E-state index is 11.7. The van der Waals surface area contributed by atoms with Gasteiger partial charge in [-0.2, -0.15) is 11.8 Å². The average molecular weight is 296 g/mol. The standard InChI is InChI=1S/C14H20N2O3S/c1-10-6-4-5-7-11(10)16-13(18)12(17)15-8-14(2,19)9-20-3/h4-7,19H,8-9H2,1-3H3,(H,15,17)(H,16,18). The number of hydrogen-bond donors (Lipinski definition) is 3. The predicted octanol–water partition coefficient (Wildman–Crippen LogP) is 1.16. The number of aliphatic hydroxyl groups is 1. The first-order chi connectivity index (χ1) is 9.35. The van der Waals surface area contributed by atoms with Crippen molar-refractivity contribution in [2.75, 3.05) is 23.9 Å². The molecule has 0 bridgehead atoms. The molecule has 0 saturated carbocycles. The van der Waals surface area contributed by atoms with Gasteiger partial charge in [-0.05, 0) is 31.7 Å². The molecule has 0 saturated heterocycles. The first-order valence-corrected chi connectivity index (χ1v) is 7.61. The van der Waals surface area contributed by atoms with Gasteiger partial charge in [-0.1, -0.05) is 18.2 Å². The van der Waals surface area contributed by atoms with Crippen LogP contribution in [-0.4, -0.2) is 41.1 Å². The first-order valence-electron chi connectivity index (χ1n) is 6.22. The second-order valence-corrected chi connectivity index (χ2v) is 5.75. The fourth-order valence-corrected chi connectivity index (χ4v) is 2.33. The number of thioether (sulfide) groups is 1. The molecule has 0 heterocycles. The van der Waals surface area contributed by atoms with Crippen LogP contribution in [-0.2, 0) is 9.59 Å². The van der Waals surface area contributed by atoms with Gasteiger partial charge in [0.1, 0.15) is 0 Å². The van der Waals surface area contributed by atoms with E-state index in [9.17, 15) is 14.7 Å². The largest absolute Gasteiger partial charge is 0.387 e. The molecule has 20 heavy (non-hydrogen) atoms. The normalized spacial score (nSPS) is 13.4.